The first kappa shape index (κ1) is 12.6. The van der Waals surface area contributed by atoms with Crippen molar-refractivity contribution in [1.82, 2.24) is 9.55 Å². The highest BCUT2D eigenvalue weighted by molar-refractivity contribution is 6.29. The lowest BCUT2D eigenvalue weighted by Crippen LogP contribution is -2.35. The van der Waals surface area contributed by atoms with E-state index >= 15 is 0 Å². The van der Waals surface area contributed by atoms with Crippen LogP contribution in [0.1, 0.15) is 11.1 Å². The monoisotopic (exact) mass is 268 g/mol. The minimum absolute atomic E-state index is 0.314. The number of nitrogens with one attached hydrogen (secondary N) is 1. The number of benzene rings is 1. The Balaban J connectivity index is 2.84. The number of nitrogens with zero attached hydrogens (tertiary/aromatic N) is 1. The Labute approximate surface area is 107 Å². The van der Waals surface area contributed by atoms with Gasteiger partial charge in [0.15, 0.2) is 5.15 Å². The summed E-state index contributed by atoms with van der Waals surface area (Å²) in [5.41, 5.74) is 0.220. The molecule has 4 nitrogen and oxygen atoms in total. The van der Waals surface area contributed by atoms with Gasteiger partial charge >= 0.3 is 5.69 Å². The summed E-state index contributed by atoms with van der Waals surface area (Å²) in [5, 5.41) is -0.578. The smallest absolute Gasteiger partial charge is 0.295 e. The zero-order chi connectivity index (χ0) is 13.4. The summed E-state index contributed by atoms with van der Waals surface area (Å²) in [5.74, 6) is -1.17. The lowest BCUT2D eigenvalue weighted by atomic mass is 10.1. The molecule has 0 saturated carbocycles. The van der Waals surface area contributed by atoms with Crippen LogP contribution >= 0.6 is 11.6 Å². The molecule has 0 aliphatic rings. The predicted molar refractivity (Wildman–Crippen MR) is 67.1 cm³/mol. The molecule has 0 bridgehead atoms. The van der Waals surface area contributed by atoms with Crippen LogP contribution in [0.3, 0.4) is 0 Å². The highest BCUT2D eigenvalue weighted by Gasteiger charge is 2.13. The maximum Gasteiger partial charge on any atom is 0.334 e. The number of aromatic amines is 1. The quantitative estimate of drug-likeness (QED) is 0.804. The van der Waals surface area contributed by atoms with E-state index in [9.17, 15) is 14.0 Å². The molecular weight excluding hydrogens is 259 g/mol. The summed E-state index contributed by atoms with van der Waals surface area (Å²) >= 11 is 5.40. The highest BCUT2D eigenvalue weighted by atomic mass is 35.5. The lowest BCUT2D eigenvalue weighted by Gasteiger charge is -2.07. The molecular formula is C12H10ClFN2O2. The molecule has 0 atom stereocenters. The van der Waals surface area contributed by atoms with E-state index in [0.717, 1.165) is 15.7 Å². The molecule has 1 N–H and O–H groups in total. The van der Waals surface area contributed by atoms with Gasteiger partial charge in [0.05, 0.1) is 5.69 Å². The first-order valence-electron chi connectivity index (χ1n) is 5.19. The number of H-pyrrole nitrogens is 1. The van der Waals surface area contributed by atoms with E-state index in [2.05, 4.69) is 4.98 Å². The molecule has 2 aromatic rings. The zero-order valence-corrected chi connectivity index (χ0v) is 10.5. The standard InChI is InChI=1S/C12H10ClFN2O2/c1-6-3-7(2)5-8(4-6)16-11(17)9(14)10(13)15-12(16)18/h3-5H,1-2H3,(H,15,18). The molecule has 0 amide bonds. The third-order valence-electron chi connectivity index (χ3n) is 2.47. The Morgan fingerprint density at radius 1 is 1.17 bits per heavy atom. The molecule has 0 aliphatic heterocycles. The lowest BCUT2D eigenvalue weighted by molar-refractivity contribution is 0.584. The number of aromatic nitrogens is 2. The van der Waals surface area contributed by atoms with Gasteiger partial charge in [0.25, 0.3) is 5.56 Å². The molecule has 18 heavy (non-hydrogen) atoms. The second-order valence-electron chi connectivity index (χ2n) is 4.04. The second-order valence-corrected chi connectivity index (χ2v) is 4.42. The molecule has 0 spiro atoms. The highest BCUT2D eigenvalue weighted by Crippen LogP contribution is 2.11. The van der Waals surface area contributed by atoms with Gasteiger partial charge in [-0.25, -0.2) is 9.36 Å². The minimum Gasteiger partial charge on any atom is -0.295 e. The van der Waals surface area contributed by atoms with Crippen molar-refractivity contribution in [2.24, 2.45) is 0 Å². The molecule has 2 rings (SSSR count). The molecule has 1 heterocycles. The van der Waals surface area contributed by atoms with Crippen molar-refractivity contribution < 1.29 is 4.39 Å². The van der Waals surface area contributed by atoms with Crippen molar-refractivity contribution >= 4 is 11.6 Å². The van der Waals surface area contributed by atoms with E-state index in [1.54, 1.807) is 12.1 Å². The fourth-order valence-corrected chi connectivity index (χ4v) is 1.96. The normalized spacial score (nSPS) is 10.7. The Bertz CT molecular complexity index is 714. The van der Waals surface area contributed by atoms with Crippen LogP contribution in [0.25, 0.3) is 5.69 Å². The Kier molecular flexibility index (Phi) is 3.09. The molecule has 1 aromatic carbocycles. The maximum absolute atomic E-state index is 13.4. The fourth-order valence-electron chi connectivity index (χ4n) is 1.80. The molecule has 6 heteroatoms. The molecule has 0 aliphatic carbocycles. The number of aryl methyl sites for hydroxylation is 2. The first-order valence-corrected chi connectivity index (χ1v) is 5.57. The fraction of sp³-hybridized carbons (Fsp3) is 0.167. The summed E-state index contributed by atoms with van der Waals surface area (Å²) in [6, 6.07) is 5.13. The summed E-state index contributed by atoms with van der Waals surface area (Å²) < 4.78 is 14.1. The van der Waals surface area contributed by atoms with Crippen LogP contribution in [-0.4, -0.2) is 9.55 Å². The summed E-state index contributed by atoms with van der Waals surface area (Å²) in [6.07, 6.45) is 0. The van der Waals surface area contributed by atoms with Crippen LogP contribution < -0.4 is 11.2 Å². The molecule has 0 fully saturated rings. The van der Waals surface area contributed by atoms with Crippen molar-refractivity contribution in [2.45, 2.75) is 13.8 Å². The molecule has 0 radical (unpaired) electrons. The van der Waals surface area contributed by atoms with Crippen LogP contribution in [-0.2, 0) is 0 Å². The number of hydrogen-bond donors (Lipinski definition) is 1. The molecule has 0 unspecified atom stereocenters. The summed E-state index contributed by atoms with van der Waals surface area (Å²) in [4.78, 5) is 25.5. The van der Waals surface area contributed by atoms with Gasteiger partial charge in [0.2, 0.25) is 5.82 Å². The van der Waals surface area contributed by atoms with Crippen molar-refractivity contribution in [3.8, 4) is 5.69 Å². The summed E-state index contributed by atoms with van der Waals surface area (Å²) in [7, 11) is 0. The van der Waals surface area contributed by atoms with Gasteiger partial charge in [-0.2, -0.15) is 4.39 Å². The summed E-state index contributed by atoms with van der Waals surface area (Å²) in [6.45, 7) is 3.64. The van der Waals surface area contributed by atoms with Crippen molar-refractivity contribution in [1.29, 1.82) is 0 Å². The van der Waals surface area contributed by atoms with Gasteiger partial charge in [-0.3, -0.25) is 9.78 Å². The number of rotatable bonds is 1. The number of halogens is 2. The van der Waals surface area contributed by atoms with E-state index in [1.807, 2.05) is 19.9 Å². The first-order chi connectivity index (χ1) is 8.40. The van der Waals surface area contributed by atoms with Crippen molar-refractivity contribution in [3.05, 3.63) is 61.1 Å². The second kappa shape index (κ2) is 4.42. The minimum atomic E-state index is -1.17. The van der Waals surface area contributed by atoms with Crippen LogP contribution in [0.2, 0.25) is 5.15 Å². The van der Waals surface area contributed by atoms with Gasteiger partial charge in [-0.1, -0.05) is 17.7 Å². The third kappa shape index (κ3) is 2.09. The van der Waals surface area contributed by atoms with Gasteiger partial charge in [-0.05, 0) is 37.1 Å². The third-order valence-corrected chi connectivity index (χ3v) is 2.73. The predicted octanol–water partition coefficient (Wildman–Crippen LogP) is 1.94. The number of hydrogen-bond acceptors (Lipinski definition) is 2. The van der Waals surface area contributed by atoms with Crippen LogP contribution in [0.4, 0.5) is 4.39 Å². The van der Waals surface area contributed by atoms with Crippen LogP contribution in [0, 0.1) is 19.7 Å². The van der Waals surface area contributed by atoms with Crippen LogP contribution in [0.15, 0.2) is 27.8 Å². The molecule has 1 aromatic heterocycles. The van der Waals surface area contributed by atoms with Crippen molar-refractivity contribution in [2.75, 3.05) is 0 Å². The zero-order valence-electron chi connectivity index (χ0n) is 9.75. The van der Waals surface area contributed by atoms with E-state index in [0.29, 0.717) is 5.69 Å². The van der Waals surface area contributed by atoms with Gasteiger partial charge in [-0.15, -0.1) is 0 Å². The van der Waals surface area contributed by atoms with E-state index < -0.39 is 22.2 Å². The molecule has 94 valence electrons. The average molecular weight is 269 g/mol. The Hall–Kier alpha value is -1.88. The Morgan fingerprint density at radius 3 is 2.28 bits per heavy atom. The van der Waals surface area contributed by atoms with Gasteiger partial charge in [0.1, 0.15) is 0 Å². The topological polar surface area (TPSA) is 54.9 Å². The van der Waals surface area contributed by atoms with E-state index in [-0.39, 0.29) is 0 Å². The van der Waals surface area contributed by atoms with E-state index in [4.69, 9.17) is 11.6 Å². The largest absolute Gasteiger partial charge is 0.334 e. The maximum atomic E-state index is 13.4. The van der Waals surface area contributed by atoms with Crippen molar-refractivity contribution in [3.63, 3.8) is 0 Å². The molecule has 0 saturated heterocycles. The average Bonchev–Trinajstić information content (AvgIpc) is 2.24. The SMILES string of the molecule is Cc1cc(C)cc(-n2c(=O)[nH]c(Cl)c(F)c2=O)c1. The van der Waals surface area contributed by atoms with Gasteiger partial charge in [0, 0.05) is 0 Å². The van der Waals surface area contributed by atoms with Gasteiger partial charge < -0.3 is 0 Å². The van der Waals surface area contributed by atoms with E-state index in [1.165, 1.54) is 0 Å². The van der Waals surface area contributed by atoms with Crippen LogP contribution in [0.5, 0.6) is 0 Å². The Morgan fingerprint density at radius 2 is 1.72 bits per heavy atom.